The van der Waals surface area contributed by atoms with Crippen LogP contribution < -0.4 is 4.90 Å². The minimum absolute atomic E-state index is 0.0338. The van der Waals surface area contributed by atoms with Gasteiger partial charge in [-0.15, -0.1) is 0 Å². The number of rotatable bonds is 5. The zero-order valence-electron chi connectivity index (χ0n) is 17.8. The van der Waals surface area contributed by atoms with Crippen molar-refractivity contribution in [2.24, 2.45) is 0 Å². The molecule has 1 fully saturated rings. The smallest absolute Gasteiger partial charge is 0.338 e. The molecular formula is C23H25ClN2O5S. The maximum atomic E-state index is 13.0. The number of amides is 1. The highest BCUT2D eigenvalue weighted by molar-refractivity contribution is 7.89. The van der Waals surface area contributed by atoms with Crippen molar-refractivity contribution in [1.82, 2.24) is 4.31 Å². The third kappa shape index (κ3) is 4.40. The van der Waals surface area contributed by atoms with Gasteiger partial charge in [-0.3, -0.25) is 4.79 Å². The molecule has 1 saturated heterocycles. The fourth-order valence-electron chi connectivity index (χ4n) is 4.14. The first-order valence-corrected chi connectivity index (χ1v) is 12.5. The summed E-state index contributed by atoms with van der Waals surface area (Å²) in [4.78, 5) is 27.1. The van der Waals surface area contributed by atoms with E-state index in [0.29, 0.717) is 19.6 Å². The summed E-state index contributed by atoms with van der Waals surface area (Å²) < 4.78 is 32.9. The van der Waals surface area contributed by atoms with Gasteiger partial charge < -0.3 is 9.64 Å². The zero-order chi connectivity index (χ0) is 22.9. The Bertz CT molecular complexity index is 1140. The number of piperidine rings is 1. The third-order valence-corrected chi connectivity index (χ3v) is 8.26. The second kappa shape index (κ2) is 9.21. The van der Waals surface area contributed by atoms with Crippen LogP contribution in [0, 0.1) is 0 Å². The van der Waals surface area contributed by atoms with Gasteiger partial charge in [0.2, 0.25) is 10.0 Å². The largest absolute Gasteiger partial charge is 0.449 e. The van der Waals surface area contributed by atoms with E-state index in [0.717, 1.165) is 36.9 Å². The molecule has 0 aliphatic carbocycles. The number of halogens is 1. The summed E-state index contributed by atoms with van der Waals surface area (Å²) in [7, 11) is -3.82. The van der Waals surface area contributed by atoms with Gasteiger partial charge in [0.05, 0.1) is 10.6 Å². The SMILES string of the molecule is C[C@H](OC(=O)c1ccc(Cl)c(S(=O)(=O)N2CCCCC2)c1)C(=O)N1CCc2ccccc21. The number of carbonyl (C=O) groups is 2. The predicted molar refractivity (Wildman–Crippen MR) is 121 cm³/mol. The van der Waals surface area contributed by atoms with Gasteiger partial charge in [-0.2, -0.15) is 4.31 Å². The van der Waals surface area contributed by atoms with Gasteiger partial charge in [0.1, 0.15) is 4.90 Å². The first kappa shape index (κ1) is 22.8. The fourth-order valence-corrected chi connectivity index (χ4v) is 6.16. The predicted octanol–water partition coefficient (Wildman–Crippen LogP) is 3.65. The van der Waals surface area contributed by atoms with Crippen LogP contribution in [0.5, 0.6) is 0 Å². The lowest BCUT2D eigenvalue weighted by atomic mass is 10.2. The van der Waals surface area contributed by atoms with E-state index in [4.69, 9.17) is 16.3 Å². The highest BCUT2D eigenvalue weighted by Crippen LogP contribution is 2.30. The Morgan fingerprint density at radius 1 is 1.03 bits per heavy atom. The van der Waals surface area contributed by atoms with Gasteiger partial charge in [0, 0.05) is 25.3 Å². The average molecular weight is 477 g/mol. The van der Waals surface area contributed by atoms with Crippen LogP contribution in [-0.2, 0) is 26.0 Å². The summed E-state index contributed by atoms with van der Waals surface area (Å²) in [6.07, 6.45) is 2.29. The summed E-state index contributed by atoms with van der Waals surface area (Å²) >= 11 is 6.18. The Morgan fingerprint density at radius 2 is 1.75 bits per heavy atom. The van der Waals surface area contributed by atoms with Gasteiger partial charge in [-0.05, 0) is 56.0 Å². The van der Waals surface area contributed by atoms with E-state index in [9.17, 15) is 18.0 Å². The Hall–Kier alpha value is -2.42. The second-order valence-electron chi connectivity index (χ2n) is 8.03. The van der Waals surface area contributed by atoms with Crippen molar-refractivity contribution in [3.05, 3.63) is 58.6 Å². The van der Waals surface area contributed by atoms with Crippen molar-refractivity contribution in [2.75, 3.05) is 24.5 Å². The molecule has 2 aliphatic heterocycles. The molecule has 9 heteroatoms. The molecule has 2 aliphatic rings. The number of benzene rings is 2. The summed E-state index contributed by atoms with van der Waals surface area (Å²) in [5, 5.41) is 0.0462. The highest BCUT2D eigenvalue weighted by atomic mass is 35.5. The van der Waals surface area contributed by atoms with Crippen LogP contribution in [0.15, 0.2) is 47.4 Å². The molecule has 0 aromatic heterocycles. The van der Waals surface area contributed by atoms with E-state index in [1.807, 2.05) is 24.3 Å². The van der Waals surface area contributed by atoms with Crippen molar-refractivity contribution in [1.29, 1.82) is 0 Å². The monoisotopic (exact) mass is 476 g/mol. The van der Waals surface area contributed by atoms with Gasteiger partial charge in [0.25, 0.3) is 5.91 Å². The van der Waals surface area contributed by atoms with Crippen LogP contribution in [0.2, 0.25) is 5.02 Å². The van der Waals surface area contributed by atoms with Crippen LogP contribution in [0.1, 0.15) is 42.1 Å². The van der Waals surface area contributed by atoms with Crippen molar-refractivity contribution in [2.45, 2.75) is 43.6 Å². The highest BCUT2D eigenvalue weighted by Gasteiger charge is 2.32. The standard InChI is InChI=1S/C23H25ClN2O5S/c1-16(22(27)26-14-11-17-7-3-4-8-20(17)26)31-23(28)18-9-10-19(24)21(15-18)32(29,30)25-12-5-2-6-13-25/h3-4,7-10,15-16H,2,5-6,11-14H2,1H3/t16-/m0/s1. The topological polar surface area (TPSA) is 84.0 Å². The number of carbonyl (C=O) groups excluding carboxylic acids is 2. The lowest BCUT2D eigenvalue weighted by Gasteiger charge is -2.26. The molecule has 0 saturated carbocycles. The number of anilines is 1. The van der Waals surface area contributed by atoms with Crippen molar-refractivity contribution < 1.29 is 22.7 Å². The molecule has 0 radical (unpaired) electrons. The van der Waals surface area contributed by atoms with Crippen LogP contribution in [0.25, 0.3) is 0 Å². The second-order valence-corrected chi connectivity index (χ2v) is 10.3. The van der Waals surface area contributed by atoms with Gasteiger partial charge in [0.15, 0.2) is 6.10 Å². The molecule has 2 aromatic carbocycles. The number of esters is 1. The van der Waals surface area contributed by atoms with Crippen LogP contribution in [0.3, 0.4) is 0 Å². The number of fused-ring (bicyclic) bond motifs is 1. The first-order chi connectivity index (χ1) is 15.3. The molecule has 2 aromatic rings. The van der Waals surface area contributed by atoms with Crippen molar-refractivity contribution in [3.63, 3.8) is 0 Å². The zero-order valence-corrected chi connectivity index (χ0v) is 19.4. The van der Waals surface area contributed by atoms with E-state index < -0.39 is 22.1 Å². The molecule has 32 heavy (non-hydrogen) atoms. The first-order valence-electron chi connectivity index (χ1n) is 10.7. The Morgan fingerprint density at radius 3 is 2.50 bits per heavy atom. The van der Waals surface area contributed by atoms with Gasteiger partial charge >= 0.3 is 5.97 Å². The molecule has 4 rings (SSSR count). The third-order valence-electron chi connectivity index (χ3n) is 5.88. The summed E-state index contributed by atoms with van der Waals surface area (Å²) in [5.74, 6) is -1.09. The molecule has 170 valence electrons. The number of hydrogen-bond donors (Lipinski definition) is 0. The number of sulfonamides is 1. The lowest BCUT2D eigenvalue weighted by Crippen LogP contribution is -2.39. The van der Waals surface area contributed by atoms with E-state index in [2.05, 4.69) is 0 Å². The maximum absolute atomic E-state index is 13.0. The molecule has 1 amide bonds. The van der Waals surface area contributed by atoms with Gasteiger partial charge in [-0.1, -0.05) is 36.2 Å². The Labute approximate surface area is 193 Å². The van der Waals surface area contributed by atoms with E-state index in [-0.39, 0.29) is 21.4 Å². The number of nitrogens with zero attached hydrogens (tertiary/aromatic N) is 2. The number of ether oxygens (including phenoxy) is 1. The van der Waals surface area contributed by atoms with Crippen LogP contribution >= 0.6 is 11.6 Å². The molecule has 0 bridgehead atoms. The lowest BCUT2D eigenvalue weighted by molar-refractivity contribution is -0.126. The number of hydrogen-bond acceptors (Lipinski definition) is 5. The Balaban J connectivity index is 1.50. The van der Waals surface area contributed by atoms with E-state index in [1.54, 1.807) is 4.90 Å². The van der Waals surface area contributed by atoms with Gasteiger partial charge in [-0.25, -0.2) is 13.2 Å². The van der Waals surface area contributed by atoms with E-state index >= 15 is 0 Å². The molecular weight excluding hydrogens is 452 g/mol. The van der Waals surface area contributed by atoms with E-state index in [1.165, 1.54) is 29.4 Å². The minimum Gasteiger partial charge on any atom is -0.449 e. The molecule has 0 spiro atoms. The number of para-hydroxylation sites is 1. The maximum Gasteiger partial charge on any atom is 0.338 e. The molecule has 7 nitrogen and oxygen atoms in total. The molecule has 1 atom stereocenters. The average Bonchev–Trinajstić information content (AvgIpc) is 3.23. The Kier molecular flexibility index (Phi) is 6.55. The summed E-state index contributed by atoms with van der Waals surface area (Å²) in [6, 6.07) is 11.6. The molecule has 0 unspecified atom stereocenters. The summed E-state index contributed by atoms with van der Waals surface area (Å²) in [5.41, 5.74) is 1.93. The van der Waals surface area contributed by atoms with Crippen LogP contribution in [0.4, 0.5) is 5.69 Å². The fraction of sp³-hybridized carbons (Fsp3) is 0.391. The summed E-state index contributed by atoms with van der Waals surface area (Å²) in [6.45, 7) is 2.90. The normalized spacial score (nSPS) is 17.6. The van der Waals surface area contributed by atoms with Crippen molar-refractivity contribution in [3.8, 4) is 0 Å². The quantitative estimate of drug-likeness (QED) is 0.615. The molecule has 0 N–H and O–H groups in total. The van der Waals surface area contributed by atoms with Crippen LogP contribution in [-0.4, -0.2) is 50.3 Å². The molecule has 2 heterocycles. The minimum atomic E-state index is -3.82. The van der Waals surface area contributed by atoms with Crippen molar-refractivity contribution >= 4 is 39.2 Å².